The van der Waals surface area contributed by atoms with Crippen molar-refractivity contribution in [1.29, 1.82) is 0 Å². The van der Waals surface area contributed by atoms with E-state index in [2.05, 4.69) is 25.6 Å². The van der Waals surface area contributed by atoms with E-state index in [0.29, 0.717) is 22.9 Å². The average Bonchev–Trinajstić information content (AvgIpc) is 2.99. The van der Waals surface area contributed by atoms with Crippen LogP contribution in [0.15, 0.2) is 0 Å². The van der Waals surface area contributed by atoms with E-state index in [0.717, 1.165) is 12.8 Å². The quantitative estimate of drug-likeness (QED) is 0.708. The Morgan fingerprint density at radius 3 is 2.50 bits per heavy atom. The molecule has 0 bridgehead atoms. The molecule has 0 aliphatic heterocycles. The molecule has 0 spiro atoms. The van der Waals surface area contributed by atoms with Gasteiger partial charge in [0.15, 0.2) is 0 Å². The summed E-state index contributed by atoms with van der Waals surface area (Å²) in [6, 6.07) is 0.444. The van der Waals surface area contributed by atoms with E-state index in [-0.39, 0.29) is 5.28 Å². The number of nitrogens with one attached hydrogen (secondary N) is 2. The molecule has 0 unspecified atom stereocenters. The Morgan fingerprint density at radius 2 is 1.94 bits per heavy atom. The maximum atomic E-state index is 5.86. The summed E-state index contributed by atoms with van der Waals surface area (Å²) in [5.74, 6) is 0.828. The zero-order chi connectivity index (χ0) is 13.3. The first-order valence-corrected chi connectivity index (χ1v) is 6.41. The summed E-state index contributed by atoms with van der Waals surface area (Å²) in [5.41, 5.74) is 5.05. The topological polar surface area (TPSA) is 88.8 Å². The largest absolute Gasteiger partial charge is 0.391 e. The van der Waals surface area contributed by atoms with E-state index in [9.17, 15) is 0 Å². The van der Waals surface area contributed by atoms with Crippen LogP contribution in [0.3, 0.4) is 0 Å². The summed E-state index contributed by atoms with van der Waals surface area (Å²) in [5, 5.41) is 6.33. The molecule has 18 heavy (non-hydrogen) atoms. The van der Waals surface area contributed by atoms with Crippen LogP contribution in [0.1, 0.15) is 26.7 Å². The lowest BCUT2D eigenvalue weighted by Gasteiger charge is -2.24. The van der Waals surface area contributed by atoms with Gasteiger partial charge in [-0.25, -0.2) is 0 Å². The van der Waals surface area contributed by atoms with Crippen molar-refractivity contribution in [3.8, 4) is 0 Å². The lowest BCUT2D eigenvalue weighted by Crippen LogP contribution is -2.44. The van der Waals surface area contributed by atoms with Gasteiger partial charge in [0, 0.05) is 6.04 Å². The lowest BCUT2D eigenvalue weighted by molar-refractivity contribution is 0.747. The number of hydrogen-bond acceptors (Lipinski definition) is 6. The van der Waals surface area contributed by atoms with Gasteiger partial charge in [-0.15, -0.1) is 0 Å². The number of hydrogen-bond donors (Lipinski definition) is 3. The number of aromatic nitrogens is 3. The molecule has 98 valence electrons. The Kier molecular flexibility index (Phi) is 3.54. The SMILES string of the molecule is CC(C)(Nc1nc(Cl)nc(NC2CC2)n1)C(N)=S. The van der Waals surface area contributed by atoms with Gasteiger partial charge >= 0.3 is 0 Å². The minimum absolute atomic E-state index is 0.134. The molecule has 1 aromatic rings. The molecule has 0 atom stereocenters. The molecule has 6 nitrogen and oxygen atoms in total. The van der Waals surface area contributed by atoms with Crippen molar-refractivity contribution in [2.24, 2.45) is 5.73 Å². The fourth-order valence-electron chi connectivity index (χ4n) is 1.22. The lowest BCUT2D eigenvalue weighted by atomic mass is 10.1. The maximum absolute atomic E-state index is 5.86. The molecule has 0 amide bonds. The molecule has 4 N–H and O–H groups in total. The highest BCUT2D eigenvalue weighted by molar-refractivity contribution is 7.80. The third kappa shape index (κ3) is 3.39. The third-order valence-corrected chi connectivity index (χ3v) is 3.24. The van der Waals surface area contributed by atoms with E-state index in [4.69, 9.17) is 29.6 Å². The van der Waals surface area contributed by atoms with Crippen LogP contribution in [-0.4, -0.2) is 31.5 Å². The smallest absolute Gasteiger partial charge is 0.229 e. The monoisotopic (exact) mass is 286 g/mol. The predicted octanol–water partition coefficient (Wildman–Crippen LogP) is 1.58. The van der Waals surface area contributed by atoms with E-state index in [1.165, 1.54) is 0 Å². The standard InChI is InChI=1S/C10H15ClN6S/c1-10(2,6(12)18)17-9-15-7(11)14-8(16-9)13-5-3-4-5/h5H,3-4H2,1-2H3,(H2,12,18)(H2,13,14,15,16,17). The van der Waals surface area contributed by atoms with Crippen LogP contribution in [0.25, 0.3) is 0 Å². The fourth-order valence-corrected chi connectivity index (χ4v) is 1.43. The summed E-state index contributed by atoms with van der Waals surface area (Å²) < 4.78 is 0. The Morgan fingerprint density at radius 1 is 1.33 bits per heavy atom. The molecule has 0 saturated heterocycles. The summed E-state index contributed by atoms with van der Waals surface area (Å²) in [7, 11) is 0. The summed E-state index contributed by atoms with van der Waals surface area (Å²) in [6.45, 7) is 3.70. The first kappa shape index (κ1) is 13.2. The van der Waals surface area contributed by atoms with E-state index in [1.807, 2.05) is 13.8 Å². The molecular formula is C10H15ClN6S. The number of rotatable bonds is 5. The van der Waals surface area contributed by atoms with E-state index in [1.54, 1.807) is 0 Å². The van der Waals surface area contributed by atoms with Gasteiger partial charge in [0.2, 0.25) is 17.2 Å². The third-order valence-electron chi connectivity index (χ3n) is 2.56. The molecule has 0 radical (unpaired) electrons. The van der Waals surface area contributed by atoms with Crippen molar-refractivity contribution < 1.29 is 0 Å². The molecule has 1 fully saturated rings. The molecule has 8 heteroatoms. The van der Waals surface area contributed by atoms with E-state index >= 15 is 0 Å². The van der Waals surface area contributed by atoms with Gasteiger partial charge in [0.25, 0.3) is 0 Å². The van der Waals surface area contributed by atoms with Crippen LogP contribution in [0, 0.1) is 0 Å². The number of nitrogens with two attached hydrogens (primary N) is 1. The van der Waals surface area contributed by atoms with Crippen LogP contribution < -0.4 is 16.4 Å². The number of halogens is 1. The Balaban J connectivity index is 2.16. The highest BCUT2D eigenvalue weighted by Gasteiger charge is 2.25. The Bertz CT molecular complexity index is 473. The Hall–Kier alpha value is -1.21. The first-order valence-electron chi connectivity index (χ1n) is 5.63. The number of thiocarbonyl (C=S) groups is 1. The van der Waals surface area contributed by atoms with Crippen LogP contribution in [-0.2, 0) is 0 Å². The molecule has 1 aliphatic carbocycles. The second-order valence-electron chi connectivity index (χ2n) is 4.78. The minimum Gasteiger partial charge on any atom is -0.391 e. The molecular weight excluding hydrogens is 272 g/mol. The molecule has 1 aliphatic rings. The molecule has 0 aromatic carbocycles. The normalized spacial score (nSPS) is 15.3. The van der Waals surface area contributed by atoms with Gasteiger partial charge in [0.05, 0.1) is 10.5 Å². The Labute approximate surface area is 116 Å². The van der Waals surface area contributed by atoms with Crippen molar-refractivity contribution in [2.45, 2.75) is 38.3 Å². The zero-order valence-electron chi connectivity index (χ0n) is 10.2. The van der Waals surface area contributed by atoms with Crippen molar-refractivity contribution in [2.75, 3.05) is 10.6 Å². The number of anilines is 2. The van der Waals surface area contributed by atoms with Crippen LogP contribution in [0.2, 0.25) is 5.28 Å². The predicted molar refractivity (Wildman–Crippen MR) is 76.0 cm³/mol. The fraction of sp³-hybridized carbons (Fsp3) is 0.600. The van der Waals surface area contributed by atoms with Gasteiger partial charge in [-0.1, -0.05) is 12.2 Å². The second kappa shape index (κ2) is 4.81. The summed E-state index contributed by atoms with van der Waals surface area (Å²) in [4.78, 5) is 12.6. The van der Waals surface area contributed by atoms with Crippen molar-refractivity contribution in [3.63, 3.8) is 0 Å². The summed E-state index contributed by atoms with van der Waals surface area (Å²) >= 11 is 10.8. The van der Waals surface area contributed by atoms with Gasteiger partial charge in [0.1, 0.15) is 0 Å². The molecule has 1 saturated carbocycles. The summed E-state index contributed by atoms with van der Waals surface area (Å²) in [6.07, 6.45) is 2.26. The second-order valence-corrected chi connectivity index (χ2v) is 5.56. The van der Waals surface area contributed by atoms with Gasteiger partial charge < -0.3 is 16.4 Å². The highest BCUT2D eigenvalue weighted by atomic mass is 35.5. The van der Waals surface area contributed by atoms with Crippen LogP contribution in [0.5, 0.6) is 0 Å². The first-order chi connectivity index (χ1) is 8.37. The zero-order valence-corrected chi connectivity index (χ0v) is 11.8. The molecule has 1 heterocycles. The van der Waals surface area contributed by atoms with Crippen molar-refractivity contribution in [3.05, 3.63) is 5.28 Å². The molecule has 2 rings (SSSR count). The average molecular weight is 287 g/mol. The highest BCUT2D eigenvalue weighted by Crippen LogP contribution is 2.24. The van der Waals surface area contributed by atoms with Crippen LogP contribution >= 0.6 is 23.8 Å². The maximum Gasteiger partial charge on any atom is 0.229 e. The van der Waals surface area contributed by atoms with Crippen molar-refractivity contribution in [1.82, 2.24) is 15.0 Å². The minimum atomic E-state index is -0.586. The number of nitrogens with zero attached hydrogens (tertiary/aromatic N) is 3. The van der Waals surface area contributed by atoms with E-state index < -0.39 is 5.54 Å². The van der Waals surface area contributed by atoms with Crippen molar-refractivity contribution >= 4 is 40.7 Å². The van der Waals surface area contributed by atoms with Gasteiger partial charge in [-0.05, 0) is 38.3 Å². The van der Waals surface area contributed by atoms with Crippen LogP contribution in [0.4, 0.5) is 11.9 Å². The van der Waals surface area contributed by atoms with Gasteiger partial charge in [-0.2, -0.15) is 15.0 Å². The molecule has 1 aromatic heterocycles. The van der Waals surface area contributed by atoms with Gasteiger partial charge in [-0.3, -0.25) is 0 Å².